The van der Waals surface area contributed by atoms with Gasteiger partial charge in [0.15, 0.2) is 0 Å². The van der Waals surface area contributed by atoms with E-state index in [9.17, 15) is 39.0 Å². The van der Waals surface area contributed by atoms with Crippen LogP contribution in [0.15, 0.2) is 0 Å². The van der Waals surface area contributed by atoms with Crippen molar-refractivity contribution in [1.29, 1.82) is 0 Å². The number of aliphatic carboxylic acids is 1. The number of nitrogens with two attached hydrogens (primary N) is 3. The molecular formula is C19H34N6O8. The van der Waals surface area contributed by atoms with Crippen molar-refractivity contribution in [2.45, 2.75) is 76.7 Å². The Morgan fingerprint density at radius 2 is 1.36 bits per heavy atom. The average Bonchev–Trinajstić information content (AvgIpc) is 2.66. The van der Waals surface area contributed by atoms with E-state index < -0.39 is 72.2 Å². The van der Waals surface area contributed by atoms with E-state index >= 15 is 0 Å². The Kier molecular flexibility index (Phi) is 12.6. The molecule has 0 aromatic heterocycles. The summed E-state index contributed by atoms with van der Waals surface area (Å²) in [7, 11) is 0. The number of hydrogen-bond donors (Lipinski definition) is 8. The molecule has 0 heterocycles. The summed E-state index contributed by atoms with van der Waals surface area (Å²) >= 11 is 0. The molecule has 5 amide bonds. The van der Waals surface area contributed by atoms with Gasteiger partial charge >= 0.3 is 5.97 Å². The number of aliphatic hydroxyl groups is 1. The lowest BCUT2D eigenvalue weighted by molar-refractivity contribution is -0.143. The van der Waals surface area contributed by atoms with Crippen LogP contribution in [-0.2, 0) is 28.8 Å². The molecule has 5 unspecified atom stereocenters. The van der Waals surface area contributed by atoms with E-state index in [0.29, 0.717) is 0 Å². The van der Waals surface area contributed by atoms with Gasteiger partial charge in [-0.15, -0.1) is 0 Å². The highest BCUT2D eigenvalue weighted by molar-refractivity contribution is 5.95. The number of carbonyl (C=O) groups excluding carboxylic acids is 5. The first kappa shape index (κ1) is 29.7. The van der Waals surface area contributed by atoms with Crippen molar-refractivity contribution < 1.29 is 39.0 Å². The van der Waals surface area contributed by atoms with Crippen molar-refractivity contribution in [2.24, 2.45) is 23.1 Å². The zero-order chi connectivity index (χ0) is 25.9. The van der Waals surface area contributed by atoms with E-state index in [1.807, 2.05) is 0 Å². The number of carboxylic acids is 1. The van der Waals surface area contributed by atoms with Crippen LogP contribution in [0.25, 0.3) is 0 Å². The van der Waals surface area contributed by atoms with Gasteiger partial charge in [0.2, 0.25) is 29.5 Å². The fourth-order valence-corrected chi connectivity index (χ4v) is 2.76. The minimum Gasteiger partial charge on any atom is -0.480 e. The molecule has 0 saturated carbocycles. The molecule has 0 saturated heterocycles. The van der Waals surface area contributed by atoms with Crippen LogP contribution in [0.1, 0.15) is 46.5 Å². The Labute approximate surface area is 191 Å². The van der Waals surface area contributed by atoms with Gasteiger partial charge in [0.05, 0.1) is 18.6 Å². The third-order valence-electron chi connectivity index (χ3n) is 4.45. The molecule has 14 heteroatoms. The molecule has 33 heavy (non-hydrogen) atoms. The Bertz CT molecular complexity index is 742. The van der Waals surface area contributed by atoms with E-state index in [-0.39, 0.29) is 25.2 Å². The normalized spacial score (nSPS) is 15.5. The van der Waals surface area contributed by atoms with Crippen molar-refractivity contribution in [1.82, 2.24) is 16.0 Å². The van der Waals surface area contributed by atoms with Crippen molar-refractivity contribution in [2.75, 3.05) is 0 Å². The highest BCUT2D eigenvalue weighted by Gasteiger charge is 2.33. The Morgan fingerprint density at radius 3 is 1.79 bits per heavy atom. The minimum absolute atomic E-state index is 0.0857. The molecule has 0 aliphatic rings. The van der Waals surface area contributed by atoms with E-state index in [1.54, 1.807) is 13.8 Å². The third-order valence-corrected chi connectivity index (χ3v) is 4.45. The molecule has 0 rings (SSSR count). The zero-order valence-corrected chi connectivity index (χ0v) is 18.9. The Balaban J connectivity index is 5.43. The van der Waals surface area contributed by atoms with E-state index in [4.69, 9.17) is 17.2 Å². The highest BCUT2D eigenvalue weighted by atomic mass is 16.4. The predicted molar refractivity (Wildman–Crippen MR) is 115 cm³/mol. The van der Waals surface area contributed by atoms with Crippen LogP contribution < -0.4 is 33.2 Å². The average molecular weight is 475 g/mol. The van der Waals surface area contributed by atoms with Crippen LogP contribution in [-0.4, -0.2) is 76.0 Å². The van der Waals surface area contributed by atoms with Crippen molar-refractivity contribution in [3.63, 3.8) is 0 Å². The molecule has 11 N–H and O–H groups in total. The number of hydrogen-bond acceptors (Lipinski definition) is 8. The van der Waals surface area contributed by atoms with Gasteiger partial charge < -0.3 is 43.4 Å². The Hall–Kier alpha value is -3.26. The van der Waals surface area contributed by atoms with Gasteiger partial charge in [0, 0.05) is 6.42 Å². The fraction of sp³-hybridized carbons (Fsp3) is 0.684. The second-order valence-electron chi connectivity index (χ2n) is 8.10. The summed E-state index contributed by atoms with van der Waals surface area (Å²) in [4.78, 5) is 70.8. The molecule has 5 atom stereocenters. The summed E-state index contributed by atoms with van der Waals surface area (Å²) < 4.78 is 0. The lowest BCUT2D eigenvalue weighted by atomic mass is 10.0. The van der Waals surface area contributed by atoms with E-state index in [2.05, 4.69) is 16.0 Å². The lowest BCUT2D eigenvalue weighted by Gasteiger charge is -2.27. The molecule has 0 bridgehead atoms. The SMILES string of the molecule is CC(C)CC(NC(=O)C(N)CC(N)=O)C(=O)NC(C(=O)NC(CCC(N)=O)C(=O)O)C(C)O. The van der Waals surface area contributed by atoms with Gasteiger partial charge in [0.1, 0.15) is 18.1 Å². The van der Waals surface area contributed by atoms with Gasteiger partial charge in [0.25, 0.3) is 0 Å². The molecule has 0 aromatic carbocycles. The maximum Gasteiger partial charge on any atom is 0.326 e. The Morgan fingerprint density at radius 1 is 0.818 bits per heavy atom. The van der Waals surface area contributed by atoms with Crippen LogP contribution in [0.2, 0.25) is 0 Å². The predicted octanol–water partition coefficient (Wildman–Crippen LogP) is -3.58. The number of amides is 5. The maximum atomic E-state index is 12.8. The second kappa shape index (κ2) is 14.0. The van der Waals surface area contributed by atoms with Gasteiger partial charge in [-0.05, 0) is 25.7 Å². The summed E-state index contributed by atoms with van der Waals surface area (Å²) in [5, 5.41) is 26.0. The number of aliphatic hydroxyl groups excluding tert-OH is 1. The summed E-state index contributed by atoms with van der Waals surface area (Å²) in [6, 6.07) is -5.52. The third kappa shape index (κ3) is 11.8. The molecule has 14 nitrogen and oxygen atoms in total. The van der Waals surface area contributed by atoms with Crippen LogP contribution in [0.3, 0.4) is 0 Å². The first-order valence-corrected chi connectivity index (χ1v) is 10.3. The molecular weight excluding hydrogens is 440 g/mol. The first-order chi connectivity index (χ1) is 15.1. The van der Waals surface area contributed by atoms with Crippen LogP contribution in [0.5, 0.6) is 0 Å². The molecule has 0 fully saturated rings. The van der Waals surface area contributed by atoms with Crippen LogP contribution in [0, 0.1) is 5.92 Å². The lowest BCUT2D eigenvalue weighted by Crippen LogP contribution is -2.60. The van der Waals surface area contributed by atoms with E-state index in [0.717, 1.165) is 0 Å². The van der Waals surface area contributed by atoms with Gasteiger partial charge in [-0.2, -0.15) is 0 Å². The number of rotatable bonds is 15. The topological polar surface area (TPSA) is 257 Å². The van der Waals surface area contributed by atoms with Crippen LogP contribution in [0.4, 0.5) is 0 Å². The zero-order valence-electron chi connectivity index (χ0n) is 18.9. The quantitative estimate of drug-likeness (QED) is 0.116. The maximum absolute atomic E-state index is 12.8. The van der Waals surface area contributed by atoms with E-state index in [1.165, 1.54) is 6.92 Å². The standard InChI is InChI=1S/C19H34N6O8/c1-8(2)6-12(24-16(29)10(20)7-14(22)28)17(30)25-15(9(3)26)18(31)23-11(19(32)33)4-5-13(21)27/h8-12,15,26H,4-7,20H2,1-3H3,(H2,21,27)(H2,22,28)(H,23,31)(H,24,29)(H,25,30)(H,32,33). The van der Waals surface area contributed by atoms with Crippen LogP contribution >= 0.6 is 0 Å². The van der Waals surface area contributed by atoms with Gasteiger partial charge in [-0.3, -0.25) is 24.0 Å². The summed E-state index contributed by atoms with van der Waals surface area (Å²) in [5.41, 5.74) is 15.6. The molecule has 0 radical (unpaired) electrons. The smallest absolute Gasteiger partial charge is 0.326 e. The van der Waals surface area contributed by atoms with Crippen molar-refractivity contribution in [3.05, 3.63) is 0 Å². The monoisotopic (exact) mass is 474 g/mol. The summed E-state index contributed by atoms with van der Waals surface area (Å²) in [6.45, 7) is 4.73. The summed E-state index contributed by atoms with van der Waals surface area (Å²) in [6.07, 6.45) is -2.35. The number of carbonyl (C=O) groups is 6. The number of primary amides is 2. The highest BCUT2D eigenvalue weighted by Crippen LogP contribution is 2.08. The van der Waals surface area contributed by atoms with Gasteiger partial charge in [-0.25, -0.2) is 4.79 Å². The molecule has 0 aromatic rings. The minimum atomic E-state index is -1.57. The molecule has 188 valence electrons. The molecule has 0 spiro atoms. The second-order valence-corrected chi connectivity index (χ2v) is 8.10. The van der Waals surface area contributed by atoms with Crippen molar-refractivity contribution in [3.8, 4) is 0 Å². The molecule has 0 aliphatic heterocycles. The number of carboxylic acid groups (broad SMARTS) is 1. The fourth-order valence-electron chi connectivity index (χ4n) is 2.76. The van der Waals surface area contributed by atoms with Crippen molar-refractivity contribution >= 4 is 35.5 Å². The largest absolute Gasteiger partial charge is 0.480 e. The first-order valence-electron chi connectivity index (χ1n) is 10.3. The number of nitrogens with one attached hydrogen (secondary N) is 3. The summed E-state index contributed by atoms with van der Waals surface area (Å²) in [5.74, 6) is -5.77. The van der Waals surface area contributed by atoms with Gasteiger partial charge in [-0.1, -0.05) is 13.8 Å². The molecule has 0 aliphatic carbocycles.